The first-order valence-electron chi connectivity index (χ1n) is 18.7. The van der Waals surface area contributed by atoms with Gasteiger partial charge in [0.1, 0.15) is 16.7 Å². The number of nitrogens with zero attached hydrogens (tertiary/aromatic N) is 4. The lowest BCUT2D eigenvalue weighted by molar-refractivity contribution is 1.22. The summed E-state index contributed by atoms with van der Waals surface area (Å²) in [5, 5.41) is 11.6. The lowest BCUT2D eigenvalue weighted by Crippen LogP contribution is -1.97. The lowest BCUT2D eigenvalue weighted by atomic mass is 9.83. The Kier molecular flexibility index (Phi) is 6.31. The SMILES string of the molecule is c1ccc(-c2nc3ccccc3c3c2cc(-c2c4ccccc4c(-c4nc5ccccc5c5nc6ccccn6c45)c4ccccc24)c2ccccc23)cc1. The Labute approximate surface area is 315 Å². The normalized spacial score (nSPS) is 12.0. The number of imidazole rings is 1. The zero-order valence-electron chi connectivity index (χ0n) is 29.6. The van der Waals surface area contributed by atoms with Crippen molar-refractivity contribution in [3.05, 3.63) is 182 Å². The third-order valence-corrected chi connectivity index (χ3v) is 11.3. The van der Waals surface area contributed by atoms with Gasteiger partial charge >= 0.3 is 0 Å². The van der Waals surface area contributed by atoms with Crippen LogP contribution in [0.3, 0.4) is 0 Å². The molecular weight excluding hydrogens is 669 g/mol. The van der Waals surface area contributed by atoms with E-state index in [9.17, 15) is 0 Å². The van der Waals surface area contributed by atoms with Crippen LogP contribution in [0.25, 0.3) is 115 Å². The second-order valence-electron chi connectivity index (χ2n) is 14.3. The topological polar surface area (TPSA) is 43.1 Å². The quantitative estimate of drug-likeness (QED) is 0.136. The van der Waals surface area contributed by atoms with E-state index in [4.69, 9.17) is 15.0 Å². The van der Waals surface area contributed by atoms with E-state index in [0.717, 1.165) is 77.2 Å². The van der Waals surface area contributed by atoms with Crippen molar-refractivity contribution < 1.29 is 0 Å². The molecule has 0 N–H and O–H groups in total. The maximum atomic E-state index is 5.49. The Morgan fingerprint density at radius 1 is 0.364 bits per heavy atom. The fourth-order valence-electron chi connectivity index (χ4n) is 9.04. The average Bonchev–Trinajstić information content (AvgIpc) is 3.65. The van der Waals surface area contributed by atoms with Crippen molar-refractivity contribution in [2.24, 2.45) is 0 Å². The van der Waals surface area contributed by atoms with Gasteiger partial charge in [-0.05, 0) is 73.8 Å². The molecule has 0 spiro atoms. The highest BCUT2D eigenvalue weighted by molar-refractivity contribution is 6.30. The number of aromatic nitrogens is 4. The molecule has 0 saturated heterocycles. The number of rotatable bonds is 3. The molecule has 0 aliphatic carbocycles. The van der Waals surface area contributed by atoms with E-state index >= 15 is 0 Å². The van der Waals surface area contributed by atoms with Crippen LogP contribution in [0.15, 0.2) is 182 Å². The van der Waals surface area contributed by atoms with Gasteiger partial charge in [-0.1, -0.05) is 146 Å². The molecule has 8 aromatic carbocycles. The fraction of sp³-hybridized carbons (Fsp3) is 0. The highest BCUT2D eigenvalue weighted by Gasteiger charge is 2.24. The molecular formula is C51H30N4. The van der Waals surface area contributed by atoms with E-state index in [1.54, 1.807) is 0 Å². The van der Waals surface area contributed by atoms with Crippen LogP contribution in [-0.4, -0.2) is 19.4 Å². The van der Waals surface area contributed by atoms with E-state index in [1.165, 1.54) is 38.1 Å². The predicted octanol–water partition coefficient (Wildman–Crippen LogP) is 13.2. The molecule has 0 unspecified atom stereocenters. The van der Waals surface area contributed by atoms with E-state index in [-0.39, 0.29) is 0 Å². The summed E-state index contributed by atoms with van der Waals surface area (Å²) in [6.45, 7) is 0. The van der Waals surface area contributed by atoms with Gasteiger partial charge in [-0.2, -0.15) is 0 Å². The summed E-state index contributed by atoms with van der Waals surface area (Å²) in [7, 11) is 0. The van der Waals surface area contributed by atoms with Crippen LogP contribution in [0, 0.1) is 0 Å². The second-order valence-corrected chi connectivity index (χ2v) is 14.3. The number of hydrogen-bond donors (Lipinski definition) is 0. The minimum absolute atomic E-state index is 0.903. The van der Waals surface area contributed by atoms with Crippen molar-refractivity contribution in [3.63, 3.8) is 0 Å². The van der Waals surface area contributed by atoms with E-state index in [2.05, 4.69) is 180 Å². The summed E-state index contributed by atoms with van der Waals surface area (Å²) in [5.74, 6) is 0. The minimum atomic E-state index is 0.903. The predicted molar refractivity (Wildman–Crippen MR) is 230 cm³/mol. The van der Waals surface area contributed by atoms with Gasteiger partial charge in [-0.25, -0.2) is 15.0 Å². The van der Waals surface area contributed by atoms with Gasteiger partial charge in [0.2, 0.25) is 0 Å². The summed E-state index contributed by atoms with van der Waals surface area (Å²) < 4.78 is 2.20. The number of hydrogen-bond acceptors (Lipinski definition) is 3. The van der Waals surface area contributed by atoms with Gasteiger partial charge in [-0.15, -0.1) is 0 Å². The smallest absolute Gasteiger partial charge is 0.137 e. The first kappa shape index (κ1) is 30.1. The zero-order valence-corrected chi connectivity index (χ0v) is 29.6. The first-order chi connectivity index (χ1) is 27.3. The lowest BCUT2D eigenvalue weighted by Gasteiger charge is -2.21. The van der Waals surface area contributed by atoms with Crippen molar-refractivity contribution in [3.8, 4) is 33.6 Å². The maximum absolute atomic E-state index is 5.49. The summed E-state index contributed by atoms with van der Waals surface area (Å²) in [5.41, 5.74) is 11.3. The summed E-state index contributed by atoms with van der Waals surface area (Å²) >= 11 is 0. The number of fused-ring (bicyclic) bond motifs is 12. The molecule has 4 heteroatoms. The Balaban J connectivity index is 1.27. The third kappa shape index (κ3) is 4.31. The molecule has 4 aromatic heterocycles. The van der Waals surface area contributed by atoms with Gasteiger partial charge < -0.3 is 0 Å². The van der Waals surface area contributed by atoms with Crippen LogP contribution in [0.4, 0.5) is 0 Å². The largest absolute Gasteiger partial charge is 0.298 e. The zero-order chi connectivity index (χ0) is 36.0. The van der Waals surface area contributed by atoms with Crippen LogP contribution < -0.4 is 0 Å². The third-order valence-electron chi connectivity index (χ3n) is 11.3. The monoisotopic (exact) mass is 698 g/mol. The van der Waals surface area contributed by atoms with Crippen LogP contribution in [0.5, 0.6) is 0 Å². The number of para-hydroxylation sites is 2. The molecule has 254 valence electrons. The molecule has 0 aliphatic heterocycles. The van der Waals surface area contributed by atoms with Crippen molar-refractivity contribution in [2.45, 2.75) is 0 Å². The van der Waals surface area contributed by atoms with Gasteiger partial charge in [-0.3, -0.25) is 4.40 Å². The van der Waals surface area contributed by atoms with Crippen molar-refractivity contribution >= 4 is 81.6 Å². The van der Waals surface area contributed by atoms with Gasteiger partial charge in [0, 0.05) is 38.9 Å². The molecule has 4 heterocycles. The number of benzene rings is 8. The highest BCUT2D eigenvalue weighted by atomic mass is 15.0. The van der Waals surface area contributed by atoms with Gasteiger partial charge in [0.15, 0.2) is 0 Å². The van der Waals surface area contributed by atoms with Gasteiger partial charge in [0.25, 0.3) is 0 Å². The van der Waals surface area contributed by atoms with Crippen molar-refractivity contribution in [2.75, 3.05) is 0 Å². The molecule has 0 amide bonds. The molecule has 0 atom stereocenters. The molecule has 0 bridgehead atoms. The average molecular weight is 699 g/mol. The van der Waals surface area contributed by atoms with Crippen LogP contribution >= 0.6 is 0 Å². The Hall–Kier alpha value is -7.43. The van der Waals surface area contributed by atoms with Crippen molar-refractivity contribution in [1.29, 1.82) is 0 Å². The summed E-state index contributed by atoms with van der Waals surface area (Å²) in [4.78, 5) is 16.0. The Morgan fingerprint density at radius 2 is 0.891 bits per heavy atom. The molecule has 0 radical (unpaired) electrons. The number of pyridine rings is 3. The standard InChI is InChI=1S/C51H30N4/c1-2-16-31(17-3-1)48-41-30-40(32-18-4-5-19-33(32)46(41)38-24-10-12-26-42(38)52-48)45-34-20-6-8-22-36(34)47(37-23-9-7-21-35(37)45)50-51-49(39-25-11-13-27-43(39)53-50)54-44-28-14-15-29-55(44)51/h1-30H. The van der Waals surface area contributed by atoms with E-state index in [0.29, 0.717) is 0 Å². The molecule has 0 aliphatic rings. The molecule has 0 fully saturated rings. The second kappa shape index (κ2) is 11.5. The van der Waals surface area contributed by atoms with E-state index in [1.807, 2.05) is 6.07 Å². The minimum Gasteiger partial charge on any atom is -0.298 e. The molecule has 12 rings (SSSR count). The molecule has 4 nitrogen and oxygen atoms in total. The van der Waals surface area contributed by atoms with Crippen LogP contribution in [-0.2, 0) is 0 Å². The summed E-state index contributed by atoms with van der Waals surface area (Å²) in [6.07, 6.45) is 2.10. The van der Waals surface area contributed by atoms with Crippen LogP contribution in [0.1, 0.15) is 0 Å². The molecule has 0 saturated carbocycles. The Morgan fingerprint density at radius 3 is 1.60 bits per heavy atom. The summed E-state index contributed by atoms with van der Waals surface area (Å²) in [6, 6.07) is 62.7. The van der Waals surface area contributed by atoms with E-state index < -0.39 is 0 Å². The fourth-order valence-corrected chi connectivity index (χ4v) is 9.04. The highest BCUT2D eigenvalue weighted by Crippen LogP contribution is 2.49. The van der Waals surface area contributed by atoms with Gasteiger partial charge in [0.05, 0.1) is 22.4 Å². The Bertz CT molecular complexity index is 3490. The van der Waals surface area contributed by atoms with Crippen molar-refractivity contribution in [1.82, 2.24) is 19.4 Å². The first-order valence-corrected chi connectivity index (χ1v) is 18.7. The van der Waals surface area contributed by atoms with Crippen LogP contribution in [0.2, 0.25) is 0 Å². The molecule has 55 heavy (non-hydrogen) atoms. The maximum Gasteiger partial charge on any atom is 0.137 e. The molecule has 12 aromatic rings.